The van der Waals surface area contributed by atoms with Gasteiger partial charge in [-0.3, -0.25) is 0 Å². The monoisotopic (exact) mass is 255 g/mol. The van der Waals surface area contributed by atoms with Gasteiger partial charge in [0.15, 0.2) is 5.16 Å². The maximum absolute atomic E-state index is 9.33. The number of nitrogens with zero attached hydrogens (tertiary/aromatic N) is 2. The molecule has 0 saturated heterocycles. The van der Waals surface area contributed by atoms with E-state index in [1.54, 1.807) is 0 Å². The molecular formula is C12H21N3OS. The van der Waals surface area contributed by atoms with E-state index in [1.807, 2.05) is 27.7 Å². The van der Waals surface area contributed by atoms with Gasteiger partial charge < -0.3 is 10.8 Å². The molecule has 0 spiro atoms. The summed E-state index contributed by atoms with van der Waals surface area (Å²) in [5.74, 6) is 0. The number of thioether (sulfide) groups is 1. The number of rotatable bonds is 5. The van der Waals surface area contributed by atoms with Crippen molar-refractivity contribution in [2.45, 2.75) is 50.6 Å². The Balaban J connectivity index is 2.87. The molecule has 5 heteroatoms. The highest BCUT2D eigenvalue weighted by molar-refractivity contribution is 7.99. The summed E-state index contributed by atoms with van der Waals surface area (Å²) >= 11 is 1.46. The summed E-state index contributed by atoms with van der Waals surface area (Å²) < 4.78 is 0. The molecule has 1 aromatic heterocycles. The Morgan fingerprint density at radius 3 is 2.18 bits per heavy atom. The van der Waals surface area contributed by atoms with Crippen molar-refractivity contribution in [2.24, 2.45) is 5.73 Å². The minimum absolute atomic E-state index is 0.0319. The topological polar surface area (TPSA) is 72.0 Å². The minimum Gasteiger partial charge on any atom is -0.395 e. The van der Waals surface area contributed by atoms with E-state index < -0.39 is 0 Å². The maximum Gasteiger partial charge on any atom is 0.188 e. The van der Waals surface area contributed by atoms with Crippen LogP contribution in [0.2, 0.25) is 0 Å². The van der Waals surface area contributed by atoms with Crippen LogP contribution in [0.15, 0.2) is 5.16 Å². The Labute approximate surface area is 107 Å². The number of nitrogens with two attached hydrogens (primary N) is 1. The highest BCUT2D eigenvalue weighted by atomic mass is 32.2. The van der Waals surface area contributed by atoms with Crippen molar-refractivity contribution in [3.05, 3.63) is 17.0 Å². The largest absolute Gasteiger partial charge is 0.395 e. The fourth-order valence-corrected chi connectivity index (χ4v) is 2.54. The van der Waals surface area contributed by atoms with Crippen LogP contribution in [0.1, 0.15) is 30.3 Å². The van der Waals surface area contributed by atoms with Gasteiger partial charge in [-0.15, -0.1) is 0 Å². The van der Waals surface area contributed by atoms with Crippen molar-refractivity contribution in [3.8, 4) is 0 Å². The number of aliphatic hydroxyl groups is 1. The summed E-state index contributed by atoms with van der Waals surface area (Å²) in [6.07, 6.45) is 0.835. The van der Waals surface area contributed by atoms with Gasteiger partial charge in [0.25, 0.3) is 0 Å². The summed E-state index contributed by atoms with van der Waals surface area (Å²) in [5.41, 5.74) is 9.04. The first-order valence-corrected chi connectivity index (χ1v) is 6.72. The second-order valence-electron chi connectivity index (χ2n) is 4.21. The SMILES string of the molecule is CCC(N)C(CO)Sc1nc(C)c(C)c(C)n1. The van der Waals surface area contributed by atoms with E-state index in [4.69, 9.17) is 5.73 Å². The predicted octanol–water partition coefficient (Wildman–Crippen LogP) is 1.59. The zero-order valence-corrected chi connectivity index (χ0v) is 11.7. The standard InChI is InChI=1S/C12H21N3OS/c1-5-10(13)11(6-16)17-12-14-8(3)7(2)9(4)15-12/h10-11,16H,5-6,13H2,1-4H3. The summed E-state index contributed by atoms with van der Waals surface area (Å²) in [4.78, 5) is 8.85. The molecule has 0 amide bonds. The molecule has 0 aromatic carbocycles. The van der Waals surface area contributed by atoms with Gasteiger partial charge in [0.2, 0.25) is 0 Å². The molecule has 1 aromatic rings. The lowest BCUT2D eigenvalue weighted by atomic mass is 10.2. The normalized spacial score (nSPS) is 14.7. The second-order valence-corrected chi connectivity index (χ2v) is 5.42. The van der Waals surface area contributed by atoms with Crippen LogP contribution in [0, 0.1) is 20.8 Å². The maximum atomic E-state index is 9.33. The lowest BCUT2D eigenvalue weighted by Gasteiger charge is -2.19. The lowest BCUT2D eigenvalue weighted by Crippen LogP contribution is -2.34. The number of hydrogen-bond acceptors (Lipinski definition) is 5. The molecule has 0 aliphatic carbocycles. The number of aryl methyl sites for hydroxylation is 2. The van der Waals surface area contributed by atoms with Crippen LogP contribution in [-0.4, -0.2) is 33.0 Å². The second kappa shape index (κ2) is 6.33. The van der Waals surface area contributed by atoms with Crippen LogP contribution in [0.5, 0.6) is 0 Å². The van der Waals surface area contributed by atoms with Crippen LogP contribution in [-0.2, 0) is 0 Å². The van der Waals surface area contributed by atoms with E-state index in [2.05, 4.69) is 9.97 Å². The predicted molar refractivity (Wildman–Crippen MR) is 71.2 cm³/mol. The fraction of sp³-hybridized carbons (Fsp3) is 0.667. The van der Waals surface area contributed by atoms with Crippen LogP contribution in [0.4, 0.5) is 0 Å². The number of aromatic nitrogens is 2. The van der Waals surface area contributed by atoms with Crippen molar-refractivity contribution in [3.63, 3.8) is 0 Å². The molecule has 1 heterocycles. The molecule has 3 N–H and O–H groups in total. The number of aliphatic hydroxyl groups excluding tert-OH is 1. The van der Waals surface area contributed by atoms with Crippen molar-refractivity contribution in [2.75, 3.05) is 6.61 Å². The Morgan fingerprint density at radius 2 is 1.76 bits per heavy atom. The Hall–Kier alpha value is -0.650. The zero-order valence-electron chi connectivity index (χ0n) is 10.9. The van der Waals surface area contributed by atoms with E-state index in [0.717, 1.165) is 23.4 Å². The molecule has 17 heavy (non-hydrogen) atoms. The third kappa shape index (κ3) is 3.66. The molecule has 0 aliphatic rings. The van der Waals surface area contributed by atoms with Gasteiger partial charge in [-0.25, -0.2) is 9.97 Å². The van der Waals surface area contributed by atoms with Crippen molar-refractivity contribution >= 4 is 11.8 Å². The smallest absolute Gasteiger partial charge is 0.188 e. The quantitative estimate of drug-likeness (QED) is 0.617. The summed E-state index contributed by atoms with van der Waals surface area (Å²) in [5, 5.41) is 9.99. The first-order chi connectivity index (χ1) is 7.99. The van der Waals surface area contributed by atoms with Gasteiger partial charge in [0, 0.05) is 17.4 Å². The zero-order chi connectivity index (χ0) is 13.0. The Morgan fingerprint density at radius 1 is 1.24 bits per heavy atom. The fourth-order valence-electron chi connectivity index (χ4n) is 1.45. The Kier molecular flexibility index (Phi) is 5.36. The van der Waals surface area contributed by atoms with Crippen molar-refractivity contribution < 1.29 is 5.11 Å². The average Bonchev–Trinajstić information content (AvgIpc) is 2.31. The molecule has 96 valence electrons. The first kappa shape index (κ1) is 14.4. The van der Waals surface area contributed by atoms with E-state index >= 15 is 0 Å². The highest BCUT2D eigenvalue weighted by Crippen LogP contribution is 2.24. The average molecular weight is 255 g/mol. The van der Waals surface area contributed by atoms with E-state index in [1.165, 1.54) is 11.8 Å². The van der Waals surface area contributed by atoms with Crippen LogP contribution >= 0.6 is 11.8 Å². The van der Waals surface area contributed by atoms with Crippen LogP contribution < -0.4 is 5.73 Å². The summed E-state index contributed by atoms with van der Waals surface area (Å²) in [7, 11) is 0. The van der Waals surface area contributed by atoms with Gasteiger partial charge in [-0.2, -0.15) is 0 Å². The van der Waals surface area contributed by atoms with E-state index in [-0.39, 0.29) is 17.9 Å². The molecule has 0 fully saturated rings. The minimum atomic E-state index is -0.0403. The molecule has 0 bridgehead atoms. The summed E-state index contributed by atoms with van der Waals surface area (Å²) in [6.45, 7) is 8.03. The van der Waals surface area contributed by atoms with Gasteiger partial charge in [0.1, 0.15) is 0 Å². The molecule has 0 saturated carbocycles. The Bertz CT molecular complexity index is 361. The molecule has 2 atom stereocenters. The van der Waals surface area contributed by atoms with Gasteiger partial charge in [-0.1, -0.05) is 18.7 Å². The lowest BCUT2D eigenvalue weighted by molar-refractivity contribution is 0.281. The molecule has 2 unspecified atom stereocenters. The summed E-state index contributed by atoms with van der Waals surface area (Å²) in [6, 6.07) is -0.0319. The van der Waals surface area contributed by atoms with Crippen molar-refractivity contribution in [1.82, 2.24) is 9.97 Å². The highest BCUT2D eigenvalue weighted by Gasteiger charge is 2.18. The van der Waals surface area contributed by atoms with Gasteiger partial charge >= 0.3 is 0 Å². The molecule has 4 nitrogen and oxygen atoms in total. The third-order valence-electron chi connectivity index (χ3n) is 3.00. The van der Waals surface area contributed by atoms with E-state index in [9.17, 15) is 5.11 Å². The van der Waals surface area contributed by atoms with E-state index in [0.29, 0.717) is 5.16 Å². The van der Waals surface area contributed by atoms with Crippen LogP contribution in [0.25, 0.3) is 0 Å². The van der Waals surface area contributed by atoms with Crippen molar-refractivity contribution in [1.29, 1.82) is 0 Å². The molecular weight excluding hydrogens is 234 g/mol. The number of hydrogen-bond donors (Lipinski definition) is 2. The van der Waals surface area contributed by atoms with Gasteiger partial charge in [-0.05, 0) is 32.8 Å². The molecule has 0 aliphatic heterocycles. The first-order valence-electron chi connectivity index (χ1n) is 5.84. The van der Waals surface area contributed by atoms with Gasteiger partial charge in [0.05, 0.1) is 11.9 Å². The van der Waals surface area contributed by atoms with Crippen LogP contribution in [0.3, 0.4) is 0 Å². The molecule has 1 rings (SSSR count). The molecule has 0 radical (unpaired) electrons. The third-order valence-corrected chi connectivity index (χ3v) is 4.19.